The minimum Gasteiger partial charge on any atom is -0.494 e. The van der Waals surface area contributed by atoms with Gasteiger partial charge in [0.1, 0.15) is 12.1 Å². The zero-order valence-corrected chi connectivity index (χ0v) is 12.6. The number of thioether (sulfide) groups is 1. The summed E-state index contributed by atoms with van der Waals surface area (Å²) in [5.41, 5.74) is 1.17. The zero-order chi connectivity index (χ0) is 14.2. The molecule has 0 aliphatic heterocycles. The second-order valence-electron chi connectivity index (χ2n) is 4.13. The standard InChI is InChI=1S/C14H19N3O2S/c1-3-19-13-7-5-4-6-12(13)10-20-14-16-15-11-17(14)8-9-18-2/h4-7,11H,3,8-10H2,1-2H3. The number of methoxy groups -OCH3 is 1. The second kappa shape index (κ2) is 7.91. The summed E-state index contributed by atoms with van der Waals surface area (Å²) in [5.74, 6) is 1.74. The maximum Gasteiger partial charge on any atom is 0.191 e. The highest BCUT2D eigenvalue weighted by atomic mass is 32.2. The number of ether oxygens (including phenoxy) is 2. The number of para-hydroxylation sites is 1. The number of aromatic nitrogens is 3. The van der Waals surface area contributed by atoms with Crippen LogP contribution in [0.1, 0.15) is 12.5 Å². The first-order chi connectivity index (χ1) is 9.85. The van der Waals surface area contributed by atoms with E-state index >= 15 is 0 Å². The highest BCUT2D eigenvalue weighted by molar-refractivity contribution is 7.98. The molecule has 0 bridgehead atoms. The van der Waals surface area contributed by atoms with E-state index in [1.165, 1.54) is 5.56 Å². The smallest absolute Gasteiger partial charge is 0.191 e. The molecular formula is C14H19N3O2S. The van der Waals surface area contributed by atoms with Crippen LogP contribution >= 0.6 is 11.8 Å². The lowest BCUT2D eigenvalue weighted by Gasteiger charge is -2.10. The van der Waals surface area contributed by atoms with E-state index in [9.17, 15) is 0 Å². The number of rotatable bonds is 8. The van der Waals surface area contributed by atoms with E-state index in [0.717, 1.165) is 23.2 Å². The molecule has 0 atom stereocenters. The highest BCUT2D eigenvalue weighted by Crippen LogP contribution is 2.26. The van der Waals surface area contributed by atoms with Crippen LogP contribution in [0.4, 0.5) is 0 Å². The van der Waals surface area contributed by atoms with E-state index in [4.69, 9.17) is 9.47 Å². The van der Waals surface area contributed by atoms with Crippen LogP contribution in [0.25, 0.3) is 0 Å². The average molecular weight is 293 g/mol. The molecule has 6 heteroatoms. The summed E-state index contributed by atoms with van der Waals surface area (Å²) in [6.45, 7) is 4.08. The van der Waals surface area contributed by atoms with Crippen LogP contribution in [-0.2, 0) is 17.0 Å². The molecule has 0 N–H and O–H groups in total. The Kier molecular flexibility index (Phi) is 5.88. The van der Waals surface area contributed by atoms with Gasteiger partial charge in [0, 0.05) is 25.0 Å². The zero-order valence-electron chi connectivity index (χ0n) is 11.8. The van der Waals surface area contributed by atoms with Crippen LogP contribution in [0.2, 0.25) is 0 Å². The minimum atomic E-state index is 0.654. The van der Waals surface area contributed by atoms with Crippen molar-refractivity contribution in [3.8, 4) is 5.75 Å². The van der Waals surface area contributed by atoms with Gasteiger partial charge >= 0.3 is 0 Å². The summed E-state index contributed by atoms with van der Waals surface area (Å²) in [4.78, 5) is 0. The predicted molar refractivity (Wildman–Crippen MR) is 79.1 cm³/mol. The Labute approximate surface area is 123 Å². The number of benzene rings is 1. The molecule has 0 aliphatic rings. The maximum absolute atomic E-state index is 5.63. The molecule has 5 nitrogen and oxygen atoms in total. The third-order valence-electron chi connectivity index (χ3n) is 2.75. The van der Waals surface area contributed by atoms with Gasteiger partial charge < -0.3 is 14.0 Å². The molecule has 2 aromatic rings. The second-order valence-corrected chi connectivity index (χ2v) is 5.07. The summed E-state index contributed by atoms with van der Waals surface area (Å²) in [6.07, 6.45) is 1.73. The van der Waals surface area contributed by atoms with Crippen molar-refractivity contribution < 1.29 is 9.47 Å². The lowest BCUT2D eigenvalue weighted by molar-refractivity contribution is 0.184. The fraction of sp³-hybridized carbons (Fsp3) is 0.429. The third kappa shape index (κ3) is 3.98. The maximum atomic E-state index is 5.63. The van der Waals surface area contributed by atoms with Crippen molar-refractivity contribution in [1.29, 1.82) is 0 Å². The first-order valence-corrected chi connectivity index (χ1v) is 7.54. The Bertz CT molecular complexity index is 531. The van der Waals surface area contributed by atoms with Gasteiger partial charge in [0.05, 0.1) is 13.2 Å². The van der Waals surface area contributed by atoms with Crippen molar-refractivity contribution in [1.82, 2.24) is 14.8 Å². The normalized spacial score (nSPS) is 10.7. The molecule has 20 heavy (non-hydrogen) atoms. The van der Waals surface area contributed by atoms with E-state index in [1.54, 1.807) is 25.2 Å². The summed E-state index contributed by atoms with van der Waals surface area (Å²) in [7, 11) is 1.69. The Hall–Kier alpha value is -1.53. The third-order valence-corrected chi connectivity index (χ3v) is 3.78. The van der Waals surface area contributed by atoms with Crippen molar-refractivity contribution >= 4 is 11.8 Å². The van der Waals surface area contributed by atoms with Crippen LogP contribution in [0.15, 0.2) is 35.7 Å². The molecule has 1 aromatic carbocycles. The lowest BCUT2D eigenvalue weighted by atomic mass is 10.2. The van der Waals surface area contributed by atoms with Crippen LogP contribution in [-0.4, -0.2) is 35.1 Å². The first-order valence-electron chi connectivity index (χ1n) is 6.55. The van der Waals surface area contributed by atoms with Crippen molar-refractivity contribution in [3.63, 3.8) is 0 Å². The van der Waals surface area contributed by atoms with Gasteiger partial charge in [-0.25, -0.2) is 0 Å². The fourth-order valence-electron chi connectivity index (χ4n) is 1.76. The van der Waals surface area contributed by atoms with Gasteiger partial charge in [-0.05, 0) is 13.0 Å². The van der Waals surface area contributed by atoms with E-state index in [0.29, 0.717) is 13.2 Å². The molecule has 0 saturated carbocycles. The van der Waals surface area contributed by atoms with Crippen LogP contribution in [0.5, 0.6) is 5.75 Å². The Morgan fingerprint density at radius 3 is 2.95 bits per heavy atom. The van der Waals surface area contributed by atoms with Gasteiger partial charge in [0.25, 0.3) is 0 Å². The van der Waals surface area contributed by atoms with Gasteiger partial charge in [-0.15, -0.1) is 10.2 Å². The summed E-state index contributed by atoms with van der Waals surface area (Å²) >= 11 is 1.65. The molecular weight excluding hydrogens is 274 g/mol. The van der Waals surface area contributed by atoms with Gasteiger partial charge in [-0.1, -0.05) is 30.0 Å². The molecule has 2 rings (SSSR count). The SMILES string of the molecule is CCOc1ccccc1CSc1nncn1CCOC. The molecule has 0 aliphatic carbocycles. The Morgan fingerprint density at radius 2 is 2.15 bits per heavy atom. The summed E-state index contributed by atoms with van der Waals surface area (Å²) in [6, 6.07) is 8.08. The van der Waals surface area contributed by atoms with Crippen molar-refractivity contribution in [2.75, 3.05) is 20.3 Å². The largest absolute Gasteiger partial charge is 0.494 e. The first kappa shape index (κ1) is 14.9. The van der Waals surface area contributed by atoms with E-state index in [-0.39, 0.29) is 0 Å². The summed E-state index contributed by atoms with van der Waals surface area (Å²) in [5, 5.41) is 8.99. The van der Waals surface area contributed by atoms with E-state index < -0.39 is 0 Å². The van der Waals surface area contributed by atoms with Gasteiger partial charge in [0.2, 0.25) is 0 Å². The van der Waals surface area contributed by atoms with Crippen LogP contribution in [0, 0.1) is 0 Å². The van der Waals surface area contributed by atoms with Gasteiger partial charge in [-0.3, -0.25) is 0 Å². The monoisotopic (exact) mass is 293 g/mol. The topological polar surface area (TPSA) is 49.2 Å². The molecule has 1 aromatic heterocycles. The fourth-order valence-corrected chi connectivity index (χ4v) is 2.69. The van der Waals surface area contributed by atoms with Gasteiger partial charge in [0.15, 0.2) is 5.16 Å². The number of nitrogens with zero attached hydrogens (tertiary/aromatic N) is 3. The molecule has 0 fully saturated rings. The molecule has 108 valence electrons. The summed E-state index contributed by atoms with van der Waals surface area (Å²) < 4.78 is 12.7. The minimum absolute atomic E-state index is 0.654. The quantitative estimate of drug-likeness (QED) is 0.700. The lowest BCUT2D eigenvalue weighted by Crippen LogP contribution is -2.04. The van der Waals surface area contributed by atoms with E-state index in [1.807, 2.05) is 29.7 Å². The Balaban J connectivity index is 2.00. The Morgan fingerprint density at radius 1 is 1.30 bits per heavy atom. The number of hydrogen-bond donors (Lipinski definition) is 0. The van der Waals surface area contributed by atoms with Crippen molar-refractivity contribution in [2.45, 2.75) is 24.4 Å². The molecule has 0 amide bonds. The highest BCUT2D eigenvalue weighted by Gasteiger charge is 2.08. The molecule has 1 heterocycles. The number of hydrogen-bond acceptors (Lipinski definition) is 5. The van der Waals surface area contributed by atoms with E-state index in [2.05, 4.69) is 16.3 Å². The van der Waals surface area contributed by atoms with Crippen molar-refractivity contribution in [3.05, 3.63) is 36.2 Å². The van der Waals surface area contributed by atoms with Crippen molar-refractivity contribution in [2.24, 2.45) is 0 Å². The predicted octanol–water partition coefficient (Wildman–Crippen LogP) is 2.62. The molecule has 0 radical (unpaired) electrons. The molecule has 0 spiro atoms. The van der Waals surface area contributed by atoms with Crippen LogP contribution in [0.3, 0.4) is 0 Å². The average Bonchev–Trinajstić information content (AvgIpc) is 2.92. The molecule has 0 saturated heterocycles. The van der Waals surface area contributed by atoms with Gasteiger partial charge in [-0.2, -0.15) is 0 Å². The van der Waals surface area contributed by atoms with Crippen LogP contribution < -0.4 is 4.74 Å². The molecule has 0 unspecified atom stereocenters.